The van der Waals surface area contributed by atoms with E-state index in [2.05, 4.69) is 133 Å². The molecule has 0 saturated carbocycles. The van der Waals surface area contributed by atoms with Crippen LogP contribution in [0.1, 0.15) is 61.3 Å². The Kier molecular flexibility index (Phi) is 11.6. The van der Waals surface area contributed by atoms with Crippen LogP contribution < -0.4 is 9.47 Å². The van der Waals surface area contributed by atoms with Gasteiger partial charge in [-0.1, -0.05) is 24.3 Å². The number of nitrogens with zero attached hydrogens (tertiary/aromatic N) is 4. The summed E-state index contributed by atoms with van der Waals surface area (Å²) in [5, 5.41) is 0. The number of H-pyrrole nitrogens is 2. The summed E-state index contributed by atoms with van der Waals surface area (Å²) < 4.78 is 14.7. The molecule has 5 aromatic rings. The summed E-state index contributed by atoms with van der Waals surface area (Å²) in [6.45, 7) is 8.53. The minimum Gasteiger partial charge on any atom is -0.488 e. The SMILES string of the molecule is C[N+]1(CCOc2ccc(-c3c4nc(cc5ccc([nH]5)c(-c5ccc(OCC[N+]6(C)CCCCC6)cc5)c5ccc(cc6nc3C=C6)[nH]5)C=C4)cc2)CCCCC1.[Zn+2]. The zero-order chi connectivity index (χ0) is 38.0. The molecular weight excluding hydrogens is 758 g/mol. The molecular formula is C48H54N6O2Zn+4. The summed E-state index contributed by atoms with van der Waals surface area (Å²) >= 11 is 0. The Morgan fingerprint density at radius 1 is 0.509 bits per heavy atom. The summed E-state index contributed by atoms with van der Waals surface area (Å²) in [5.74, 6) is 1.80. The number of nitrogens with one attached hydrogen (secondary N) is 2. The van der Waals surface area contributed by atoms with Crippen molar-refractivity contribution in [2.75, 3.05) is 66.6 Å². The molecule has 0 spiro atoms. The number of fused-ring (bicyclic) bond motifs is 8. The standard InChI is InChI=1S/C48H54N6O2.Zn/c1-53(25-5-3-6-26-53)29-31-55-41-17-9-35(10-18-41)47-43-21-13-37(49-43)33-39-15-23-45(51-39)48(46-24-16-40(52-46)34-38-14-22-44(47)50-38)36-11-19-42(20-12-36)56-32-30-54(2)27-7-4-8-28-54;/h9-24,33-34,49-50H,3-8,25-32H2,1-2H3;/q2*+2. The van der Waals surface area contributed by atoms with Gasteiger partial charge in [-0.15, -0.1) is 0 Å². The van der Waals surface area contributed by atoms with Gasteiger partial charge in [0.05, 0.1) is 63.1 Å². The second-order valence-corrected chi connectivity index (χ2v) is 16.7. The largest absolute Gasteiger partial charge is 2.00 e. The van der Waals surface area contributed by atoms with Gasteiger partial charge in [0.15, 0.2) is 0 Å². The molecule has 2 N–H and O–H groups in total. The number of hydrogen-bond acceptors (Lipinski definition) is 4. The molecule has 7 heterocycles. The molecule has 0 unspecified atom stereocenters. The summed E-state index contributed by atoms with van der Waals surface area (Å²) in [6, 6.07) is 29.7. The Hall–Kier alpha value is -4.82. The summed E-state index contributed by atoms with van der Waals surface area (Å²) in [4.78, 5) is 17.6. The van der Waals surface area contributed by atoms with E-state index in [0.717, 1.165) is 114 Å². The quantitative estimate of drug-likeness (QED) is 0.107. The number of likely N-dealkylation sites (tertiary alicyclic amines) is 2. The third-order valence-electron chi connectivity index (χ3n) is 12.3. The molecule has 2 aromatic carbocycles. The van der Waals surface area contributed by atoms with Crippen molar-refractivity contribution in [1.29, 1.82) is 0 Å². The zero-order valence-electron chi connectivity index (χ0n) is 33.6. The van der Waals surface area contributed by atoms with Gasteiger partial charge in [-0.25, -0.2) is 9.97 Å². The number of ether oxygens (including phenoxy) is 2. The van der Waals surface area contributed by atoms with Crippen LogP contribution in [-0.4, -0.2) is 95.5 Å². The molecule has 0 atom stereocenters. The fourth-order valence-corrected chi connectivity index (χ4v) is 8.88. The van der Waals surface area contributed by atoms with Crippen LogP contribution in [0, 0.1) is 0 Å². The maximum atomic E-state index is 6.26. The third kappa shape index (κ3) is 9.02. The van der Waals surface area contributed by atoms with Gasteiger partial charge < -0.3 is 28.4 Å². The normalized spacial score (nSPS) is 16.9. The average Bonchev–Trinajstić information content (AvgIpc) is 4.04. The molecule has 9 heteroatoms. The van der Waals surface area contributed by atoms with E-state index in [9.17, 15) is 0 Å². The molecule has 2 fully saturated rings. The monoisotopic (exact) mass is 810 g/mol. The maximum Gasteiger partial charge on any atom is 2.00 e. The minimum absolute atomic E-state index is 0. The first-order valence-corrected chi connectivity index (χ1v) is 20.6. The van der Waals surface area contributed by atoms with Crippen molar-refractivity contribution >= 4 is 46.4 Å². The molecule has 4 aliphatic heterocycles. The molecule has 3 aromatic heterocycles. The van der Waals surface area contributed by atoms with Gasteiger partial charge in [0.2, 0.25) is 0 Å². The van der Waals surface area contributed by atoms with Gasteiger partial charge in [0.1, 0.15) is 37.8 Å². The second-order valence-electron chi connectivity index (χ2n) is 16.7. The van der Waals surface area contributed by atoms with E-state index in [1.54, 1.807) is 0 Å². The second kappa shape index (κ2) is 17.0. The van der Waals surface area contributed by atoms with Crippen LogP contribution in [0.15, 0.2) is 84.9 Å². The molecule has 4 aliphatic rings. The number of likely N-dealkylation sites (N-methyl/N-ethyl adjacent to an activating group) is 2. The van der Waals surface area contributed by atoms with Gasteiger partial charge >= 0.3 is 19.5 Å². The first kappa shape index (κ1) is 39.0. The van der Waals surface area contributed by atoms with Crippen molar-refractivity contribution in [1.82, 2.24) is 19.9 Å². The van der Waals surface area contributed by atoms with E-state index in [0.29, 0.717) is 0 Å². The van der Waals surface area contributed by atoms with Crippen LogP contribution in [0.25, 0.3) is 68.6 Å². The number of aromatic amines is 2. The molecule has 57 heavy (non-hydrogen) atoms. The first-order valence-electron chi connectivity index (χ1n) is 20.6. The number of piperidine rings is 2. The van der Waals surface area contributed by atoms with Crippen molar-refractivity contribution < 1.29 is 37.9 Å². The number of hydrogen-bond donors (Lipinski definition) is 2. The Bertz CT molecular complexity index is 2320. The predicted molar refractivity (Wildman–Crippen MR) is 230 cm³/mol. The number of quaternary nitrogens is 2. The number of rotatable bonds is 10. The predicted octanol–water partition coefficient (Wildman–Crippen LogP) is 10.0. The molecule has 8 bridgehead atoms. The van der Waals surface area contributed by atoms with Gasteiger partial charge in [0, 0.05) is 33.2 Å². The smallest absolute Gasteiger partial charge is 0.488 e. The molecule has 8 nitrogen and oxygen atoms in total. The Morgan fingerprint density at radius 2 is 0.930 bits per heavy atom. The minimum atomic E-state index is 0. The van der Waals surface area contributed by atoms with E-state index >= 15 is 0 Å². The average molecular weight is 812 g/mol. The van der Waals surface area contributed by atoms with E-state index < -0.39 is 0 Å². The van der Waals surface area contributed by atoms with Crippen LogP contribution >= 0.6 is 0 Å². The molecule has 2 saturated heterocycles. The van der Waals surface area contributed by atoms with E-state index in [1.807, 2.05) is 0 Å². The van der Waals surface area contributed by atoms with Crippen molar-refractivity contribution in [3.8, 4) is 33.8 Å². The third-order valence-corrected chi connectivity index (χ3v) is 12.3. The Balaban J connectivity index is 0.00000455. The van der Waals surface area contributed by atoms with Crippen molar-refractivity contribution in [2.45, 2.75) is 38.5 Å². The molecule has 9 rings (SSSR count). The van der Waals surface area contributed by atoms with Crippen LogP contribution in [0.4, 0.5) is 0 Å². The molecule has 0 amide bonds. The van der Waals surface area contributed by atoms with E-state index in [4.69, 9.17) is 19.4 Å². The van der Waals surface area contributed by atoms with Crippen LogP contribution in [0.5, 0.6) is 11.5 Å². The maximum absolute atomic E-state index is 6.26. The number of aromatic nitrogens is 4. The fraction of sp³-hybridized carbons (Fsp3) is 0.333. The van der Waals surface area contributed by atoms with Crippen LogP contribution in [0.3, 0.4) is 0 Å². The van der Waals surface area contributed by atoms with Crippen molar-refractivity contribution in [3.05, 3.63) is 108 Å². The first-order chi connectivity index (χ1) is 27.4. The molecule has 0 aliphatic carbocycles. The topological polar surface area (TPSA) is 75.8 Å². The van der Waals surface area contributed by atoms with Gasteiger partial charge in [0.25, 0.3) is 0 Å². The number of benzene rings is 2. The van der Waals surface area contributed by atoms with Gasteiger partial charge in [-0.2, -0.15) is 0 Å². The Labute approximate surface area is 349 Å². The van der Waals surface area contributed by atoms with Crippen molar-refractivity contribution in [2.24, 2.45) is 0 Å². The van der Waals surface area contributed by atoms with Crippen LogP contribution in [0.2, 0.25) is 0 Å². The summed E-state index contributed by atoms with van der Waals surface area (Å²) in [5.41, 5.74) is 11.8. The summed E-state index contributed by atoms with van der Waals surface area (Å²) in [7, 11) is 4.73. The van der Waals surface area contributed by atoms with E-state index in [-0.39, 0.29) is 19.5 Å². The van der Waals surface area contributed by atoms with Crippen LogP contribution in [-0.2, 0) is 19.5 Å². The fourth-order valence-electron chi connectivity index (χ4n) is 8.88. The molecule has 286 valence electrons. The molecule has 0 radical (unpaired) electrons. The Morgan fingerprint density at radius 3 is 1.37 bits per heavy atom. The van der Waals surface area contributed by atoms with Gasteiger partial charge in [-0.3, -0.25) is 0 Å². The van der Waals surface area contributed by atoms with E-state index in [1.165, 1.54) is 64.7 Å². The van der Waals surface area contributed by atoms with Gasteiger partial charge in [-0.05, 0) is 135 Å². The van der Waals surface area contributed by atoms with Crippen molar-refractivity contribution in [3.63, 3.8) is 0 Å². The summed E-state index contributed by atoms with van der Waals surface area (Å²) in [6.07, 6.45) is 16.3. The zero-order valence-corrected chi connectivity index (χ0v) is 36.6.